The van der Waals surface area contributed by atoms with Crippen molar-refractivity contribution in [2.45, 2.75) is 25.4 Å². The van der Waals surface area contributed by atoms with Gasteiger partial charge in [0.05, 0.1) is 25.5 Å². The fraction of sp³-hybridized carbons (Fsp3) is 0.483. The van der Waals surface area contributed by atoms with Gasteiger partial charge in [-0.2, -0.15) is 10.1 Å². The molecule has 3 aromatic heterocycles. The summed E-state index contributed by atoms with van der Waals surface area (Å²) in [7, 11) is 3.84. The van der Waals surface area contributed by atoms with Gasteiger partial charge >= 0.3 is 0 Å². The molecular weight excluding hydrogens is 520 g/mol. The van der Waals surface area contributed by atoms with E-state index in [1.54, 1.807) is 19.6 Å². The van der Waals surface area contributed by atoms with Gasteiger partial charge in [-0.1, -0.05) is 12.1 Å². The van der Waals surface area contributed by atoms with Gasteiger partial charge in [0.15, 0.2) is 5.65 Å². The maximum absolute atomic E-state index is 12.9. The van der Waals surface area contributed by atoms with Crippen molar-refractivity contribution in [3.63, 3.8) is 0 Å². The lowest BCUT2D eigenvalue weighted by atomic mass is 10.1. The first-order valence-electron chi connectivity index (χ1n) is 14.3. The molecule has 5 heterocycles. The molecule has 1 amide bonds. The number of nitrogens with one attached hydrogen (secondary N) is 1. The van der Waals surface area contributed by atoms with Crippen LogP contribution in [0.4, 0.5) is 5.95 Å². The maximum atomic E-state index is 12.9. The van der Waals surface area contributed by atoms with E-state index < -0.39 is 0 Å². The Hall–Kier alpha value is -3.87. The van der Waals surface area contributed by atoms with Gasteiger partial charge in [0, 0.05) is 82.8 Å². The number of likely N-dealkylation sites (tertiary alicyclic amines) is 1. The minimum atomic E-state index is 0.125. The third-order valence-electron chi connectivity index (χ3n) is 8.04. The van der Waals surface area contributed by atoms with Gasteiger partial charge in [-0.3, -0.25) is 14.0 Å². The summed E-state index contributed by atoms with van der Waals surface area (Å²) in [4.78, 5) is 33.4. The summed E-state index contributed by atoms with van der Waals surface area (Å²) >= 11 is 0. The van der Waals surface area contributed by atoms with Crippen LogP contribution in [0, 0.1) is 0 Å². The van der Waals surface area contributed by atoms with Crippen molar-refractivity contribution in [3.8, 4) is 16.8 Å². The number of rotatable bonds is 10. The molecule has 2 fully saturated rings. The fourth-order valence-corrected chi connectivity index (χ4v) is 5.47. The van der Waals surface area contributed by atoms with E-state index in [-0.39, 0.29) is 11.9 Å². The van der Waals surface area contributed by atoms with E-state index in [1.807, 2.05) is 26.5 Å². The molecule has 6 rings (SSSR count). The van der Waals surface area contributed by atoms with Crippen LogP contribution in [0.25, 0.3) is 28.0 Å². The zero-order valence-electron chi connectivity index (χ0n) is 23.8. The number of ether oxygens (including phenoxy) is 1. The van der Waals surface area contributed by atoms with Crippen LogP contribution >= 0.6 is 0 Å². The monoisotopic (exact) mass is 558 g/mol. The van der Waals surface area contributed by atoms with Gasteiger partial charge in [-0.25, -0.2) is 9.97 Å². The van der Waals surface area contributed by atoms with Crippen LogP contribution in [0.15, 0.2) is 49.2 Å². The molecule has 0 unspecified atom stereocenters. The molecule has 2 aliphatic heterocycles. The molecule has 0 aliphatic carbocycles. The highest BCUT2D eigenvalue weighted by Gasteiger charge is 2.27. The molecule has 2 saturated heterocycles. The molecule has 1 atom stereocenters. The lowest BCUT2D eigenvalue weighted by Gasteiger charge is -2.32. The van der Waals surface area contributed by atoms with Crippen molar-refractivity contribution in [1.29, 1.82) is 0 Å². The van der Waals surface area contributed by atoms with Crippen molar-refractivity contribution >= 4 is 23.0 Å². The number of hydrogen-bond acceptors (Lipinski definition) is 9. The Morgan fingerprint density at radius 2 is 1.85 bits per heavy atom. The van der Waals surface area contributed by atoms with Crippen LogP contribution in [0.2, 0.25) is 0 Å². The number of carbonyl (C=O) groups is 1. The lowest BCUT2D eigenvalue weighted by molar-refractivity contribution is -0.130. The van der Waals surface area contributed by atoms with Gasteiger partial charge in [-0.05, 0) is 31.2 Å². The summed E-state index contributed by atoms with van der Waals surface area (Å²) in [6, 6.07) is 8.39. The number of benzene rings is 1. The topological polar surface area (TPSA) is 109 Å². The molecule has 12 nitrogen and oxygen atoms in total. The number of fused-ring (bicyclic) bond motifs is 1. The highest BCUT2D eigenvalue weighted by molar-refractivity contribution is 5.77. The molecule has 0 bridgehead atoms. The summed E-state index contributed by atoms with van der Waals surface area (Å²) in [5.41, 5.74) is 4.57. The zero-order chi connectivity index (χ0) is 28.2. The number of piperazine rings is 1. The first-order chi connectivity index (χ1) is 20.1. The number of likely N-dealkylation sites (N-methyl/N-ethyl adjacent to an activating group) is 1. The molecule has 4 aromatic rings. The van der Waals surface area contributed by atoms with E-state index in [0.717, 1.165) is 80.2 Å². The van der Waals surface area contributed by atoms with Gasteiger partial charge in [0.1, 0.15) is 11.8 Å². The number of anilines is 1. The summed E-state index contributed by atoms with van der Waals surface area (Å²) < 4.78 is 8.99. The van der Waals surface area contributed by atoms with Crippen LogP contribution in [-0.2, 0) is 16.1 Å². The zero-order valence-corrected chi connectivity index (χ0v) is 23.8. The Kier molecular flexibility index (Phi) is 8.21. The summed E-state index contributed by atoms with van der Waals surface area (Å²) in [6.45, 7) is 7.83. The van der Waals surface area contributed by atoms with Gasteiger partial charge in [0.25, 0.3) is 0 Å². The second-order valence-electron chi connectivity index (χ2n) is 10.9. The van der Waals surface area contributed by atoms with E-state index in [4.69, 9.17) is 9.72 Å². The maximum Gasteiger partial charge on any atom is 0.225 e. The number of nitrogens with zero attached hydrogens (tertiary/aromatic N) is 9. The molecule has 0 spiro atoms. The minimum Gasteiger partial charge on any atom is -0.383 e. The SMILES string of the molecule is COCCn1cc(-c2ccc(-n3cnc4cnc(N[C@@H]5CCN(C(=O)CCN6CCN(C)CC6)C5)nc43)cc2)cn1. The smallest absolute Gasteiger partial charge is 0.225 e. The van der Waals surface area contributed by atoms with Crippen molar-refractivity contribution in [1.82, 2.24) is 44.0 Å². The standard InChI is InChI=1S/C29H38N10O2/c1-35-11-13-36(14-12-35)9-8-27(40)37-10-7-24(20-37)33-29-30-18-26-28(34-29)39(21-31-26)25-5-3-22(4-6-25)23-17-32-38(19-23)15-16-41-2/h3-6,17-19,21,24H,7-16,20H2,1-2H3,(H,30,33,34)/t24-/m1/s1. The van der Waals surface area contributed by atoms with Gasteiger partial charge in [0.2, 0.25) is 11.9 Å². The Bertz CT molecular complexity index is 1460. The van der Waals surface area contributed by atoms with Crippen molar-refractivity contribution in [2.24, 2.45) is 0 Å². The summed E-state index contributed by atoms with van der Waals surface area (Å²) in [5, 5.41) is 7.87. The number of hydrogen-bond donors (Lipinski definition) is 1. The molecular formula is C29H38N10O2. The van der Waals surface area contributed by atoms with Crippen molar-refractivity contribution < 1.29 is 9.53 Å². The highest BCUT2D eigenvalue weighted by Crippen LogP contribution is 2.23. The van der Waals surface area contributed by atoms with Crippen molar-refractivity contribution in [2.75, 3.05) is 71.9 Å². The van der Waals surface area contributed by atoms with Crippen LogP contribution in [0.3, 0.4) is 0 Å². The fourth-order valence-electron chi connectivity index (χ4n) is 5.47. The van der Waals surface area contributed by atoms with Gasteiger partial charge in [-0.15, -0.1) is 0 Å². The number of carbonyl (C=O) groups excluding carboxylic acids is 1. The third-order valence-corrected chi connectivity index (χ3v) is 8.04. The Morgan fingerprint density at radius 1 is 1.02 bits per heavy atom. The lowest BCUT2D eigenvalue weighted by Crippen LogP contribution is -2.45. The molecule has 216 valence electrons. The average molecular weight is 559 g/mol. The second kappa shape index (κ2) is 12.3. The summed E-state index contributed by atoms with van der Waals surface area (Å²) in [5.74, 6) is 0.782. The predicted molar refractivity (Wildman–Crippen MR) is 157 cm³/mol. The molecule has 0 saturated carbocycles. The molecule has 12 heteroatoms. The van der Waals surface area contributed by atoms with E-state index in [9.17, 15) is 4.79 Å². The highest BCUT2D eigenvalue weighted by atomic mass is 16.5. The third kappa shape index (κ3) is 6.39. The molecule has 1 N–H and O–H groups in total. The van der Waals surface area contributed by atoms with E-state index >= 15 is 0 Å². The molecule has 2 aliphatic rings. The molecule has 41 heavy (non-hydrogen) atoms. The predicted octanol–water partition coefficient (Wildman–Crippen LogP) is 1.98. The molecule has 1 aromatic carbocycles. The number of aromatic nitrogens is 6. The van der Waals surface area contributed by atoms with E-state index in [0.29, 0.717) is 25.5 Å². The number of amides is 1. The summed E-state index contributed by atoms with van der Waals surface area (Å²) in [6.07, 6.45) is 8.87. The Labute approximate surface area is 239 Å². The van der Waals surface area contributed by atoms with Crippen LogP contribution in [0.1, 0.15) is 12.8 Å². The van der Waals surface area contributed by atoms with E-state index in [2.05, 4.69) is 61.5 Å². The number of methoxy groups -OCH3 is 1. The molecule has 0 radical (unpaired) electrons. The number of imidazole rings is 1. The van der Waals surface area contributed by atoms with Crippen LogP contribution in [0.5, 0.6) is 0 Å². The van der Waals surface area contributed by atoms with E-state index in [1.165, 1.54) is 0 Å². The van der Waals surface area contributed by atoms with Gasteiger partial charge < -0.3 is 24.8 Å². The van der Waals surface area contributed by atoms with Crippen molar-refractivity contribution in [3.05, 3.63) is 49.2 Å². The van der Waals surface area contributed by atoms with Crippen LogP contribution in [-0.4, -0.2) is 123 Å². The Morgan fingerprint density at radius 3 is 2.66 bits per heavy atom. The van der Waals surface area contributed by atoms with Crippen LogP contribution < -0.4 is 5.32 Å². The second-order valence-corrected chi connectivity index (χ2v) is 10.9. The average Bonchev–Trinajstić information content (AvgIpc) is 3.76. The quantitative estimate of drug-likeness (QED) is 0.312. The Balaban J connectivity index is 1.07. The minimum absolute atomic E-state index is 0.125. The first kappa shape index (κ1) is 27.3. The first-order valence-corrected chi connectivity index (χ1v) is 14.3. The largest absolute Gasteiger partial charge is 0.383 e. The normalized spacial score (nSPS) is 18.4.